The zero-order chi connectivity index (χ0) is 36.3. The largest absolute Gasteiger partial charge is 0.495 e. The molecular formula is C47H41N3O3. The highest BCUT2D eigenvalue weighted by atomic mass is 16.5. The zero-order valence-electron chi connectivity index (χ0n) is 30.5. The maximum Gasteiger partial charge on any atom is 0.178 e. The summed E-state index contributed by atoms with van der Waals surface area (Å²) >= 11 is 0. The maximum absolute atomic E-state index is 10.2. The number of fused-ring (bicyclic) bond motifs is 8. The zero-order valence-corrected chi connectivity index (χ0v) is 30.5. The van der Waals surface area contributed by atoms with Gasteiger partial charge in [0.25, 0.3) is 0 Å². The Hall–Kier alpha value is -6.19. The van der Waals surface area contributed by atoms with Crippen molar-refractivity contribution in [3.63, 3.8) is 0 Å². The monoisotopic (exact) mass is 695 g/mol. The fraction of sp³-hybridized carbons (Fsp3) is 0.213. The van der Waals surface area contributed by atoms with Crippen molar-refractivity contribution in [2.75, 3.05) is 50.2 Å². The number of nitriles is 1. The first-order valence-corrected chi connectivity index (χ1v) is 18.3. The Morgan fingerprint density at radius 2 is 1.36 bits per heavy atom. The van der Waals surface area contributed by atoms with E-state index in [0.29, 0.717) is 11.3 Å². The molecule has 0 aromatic heterocycles. The molecule has 0 amide bonds. The summed E-state index contributed by atoms with van der Waals surface area (Å²) in [4.78, 5) is 4.86. The van der Waals surface area contributed by atoms with Crippen molar-refractivity contribution in [2.24, 2.45) is 0 Å². The lowest BCUT2D eigenvalue weighted by Gasteiger charge is -2.39. The Bertz CT molecular complexity index is 2460. The number of rotatable bonds is 6. The van der Waals surface area contributed by atoms with Gasteiger partial charge in [0.1, 0.15) is 23.3 Å². The minimum atomic E-state index is -0.896. The summed E-state index contributed by atoms with van der Waals surface area (Å²) in [6, 6.07) is 42.6. The SMILES string of the molecule is COc1cc2c3c(c4c(c2cc1C#N)-c1ccccc1C4(C)C)C=CC(c1ccccc1)(c1ccc(N2CCN(c4ccccc4OC)CC2)cc1)O3. The molecule has 1 atom stereocenters. The van der Waals surface area contributed by atoms with Gasteiger partial charge in [-0.05, 0) is 70.1 Å². The summed E-state index contributed by atoms with van der Waals surface area (Å²) < 4.78 is 18.9. The molecule has 6 nitrogen and oxygen atoms in total. The van der Waals surface area contributed by atoms with Crippen molar-refractivity contribution < 1.29 is 14.2 Å². The molecule has 6 aromatic carbocycles. The van der Waals surface area contributed by atoms with Crippen LogP contribution >= 0.6 is 0 Å². The summed E-state index contributed by atoms with van der Waals surface area (Å²) in [7, 11) is 3.36. The molecule has 2 aliphatic heterocycles. The van der Waals surface area contributed by atoms with Gasteiger partial charge in [-0.25, -0.2) is 0 Å². The second-order valence-corrected chi connectivity index (χ2v) is 14.6. The number of ether oxygens (including phenoxy) is 3. The Balaban J connectivity index is 1.15. The lowest BCUT2D eigenvalue weighted by atomic mass is 9.76. The Morgan fingerprint density at radius 3 is 2.09 bits per heavy atom. The van der Waals surface area contributed by atoms with E-state index in [2.05, 4.69) is 127 Å². The fourth-order valence-corrected chi connectivity index (χ4v) is 8.91. The van der Waals surface area contributed by atoms with Crippen molar-refractivity contribution in [1.82, 2.24) is 0 Å². The first kappa shape index (κ1) is 32.7. The van der Waals surface area contributed by atoms with Crippen molar-refractivity contribution in [3.05, 3.63) is 155 Å². The first-order valence-electron chi connectivity index (χ1n) is 18.3. The molecule has 3 aliphatic rings. The van der Waals surface area contributed by atoms with Gasteiger partial charge >= 0.3 is 0 Å². The number of nitrogens with zero attached hydrogens (tertiary/aromatic N) is 3. The normalized spacial score (nSPS) is 18.1. The number of para-hydroxylation sites is 2. The molecule has 0 saturated carbocycles. The number of anilines is 2. The molecule has 1 saturated heterocycles. The summed E-state index contributed by atoms with van der Waals surface area (Å²) in [5, 5.41) is 12.1. The molecule has 1 unspecified atom stereocenters. The summed E-state index contributed by atoms with van der Waals surface area (Å²) in [5.74, 6) is 2.24. The van der Waals surface area contributed by atoms with Crippen LogP contribution in [0.3, 0.4) is 0 Å². The lowest BCUT2D eigenvalue weighted by Crippen LogP contribution is -2.46. The predicted molar refractivity (Wildman–Crippen MR) is 214 cm³/mol. The number of methoxy groups -OCH3 is 2. The molecule has 6 heteroatoms. The maximum atomic E-state index is 10.2. The molecule has 53 heavy (non-hydrogen) atoms. The van der Waals surface area contributed by atoms with Crippen LogP contribution in [0.2, 0.25) is 0 Å². The standard InChI is InChI=1S/C47H41N3O3/c1-46(2)39-15-9-8-14-35(39)43-37-28-31(30-48)42(52-4)29-38(37)45-36(44(43)46)22-23-47(53-45,32-12-6-5-7-13-32)33-18-20-34(21-19-33)49-24-26-50(27-25-49)40-16-10-11-17-41(40)51-3/h5-23,28-29H,24-27H2,1-4H3. The van der Waals surface area contributed by atoms with Crippen LogP contribution in [0.15, 0.2) is 121 Å². The third-order valence-corrected chi connectivity index (χ3v) is 11.6. The van der Waals surface area contributed by atoms with Crippen LogP contribution < -0.4 is 24.0 Å². The highest BCUT2D eigenvalue weighted by Gasteiger charge is 2.44. The third kappa shape index (κ3) is 4.98. The third-order valence-electron chi connectivity index (χ3n) is 11.6. The van der Waals surface area contributed by atoms with Crippen molar-refractivity contribution in [2.45, 2.75) is 24.9 Å². The number of hydrogen-bond donors (Lipinski definition) is 0. The van der Waals surface area contributed by atoms with Gasteiger partial charge < -0.3 is 24.0 Å². The van der Waals surface area contributed by atoms with E-state index in [-0.39, 0.29) is 5.41 Å². The smallest absolute Gasteiger partial charge is 0.178 e. The van der Waals surface area contributed by atoms with Crippen LogP contribution in [0, 0.1) is 11.3 Å². The van der Waals surface area contributed by atoms with Crippen LogP contribution in [0.5, 0.6) is 17.2 Å². The lowest BCUT2D eigenvalue weighted by molar-refractivity contribution is 0.163. The van der Waals surface area contributed by atoms with E-state index in [4.69, 9.17) is 14.2 Å². The molecule has 9 rings (SSSR count). The van der Waals surface area contributed by atoms with Gasteiger partial charge in [-0.15, -0.1) is 0 Å². The first-order chi connectivity index (χ1) is 25.9. The van der Waals surface area contributed by atoms with Gasteiger partial charge in [0.2, 0.25) is 0 Å². The number of piperazine rings is 1. The molecule has 1 aliphatic carbocycles. The van der Waals surface area contributed by atoms with Crippen LogP contribution in [0.25, 0.3) is 28.0 Å². The second kappa shape index (κ2) is 12.5. The van der Waals surface area contributed by atoms with Crippen LogP contribution in [-0.2, 0) is 11.0 Å². The van der Waals surface area contributed by atoms with E-state index in [1.807, 2.05) is 30.3 Å². The second-order valence-electron chi connectivity index (χ2n) is 14.6. The van der Waals surface area contributed by atoms with E-state index in [9.17, 15) is 5.26 Å². The van der Waals surface area contributed by atoms with Gasteiger partial charge in [-0.2, -0.15) is 5.26 Å². The van der Waals surface area contributed by atoms with Gasteiger partial charge in [0, 0.05) is 59.4 Å². The fourth-order valence-electron chi connectivity index (χ4n) is 8.91. The number of benzene rings is 6. The van der Waals surface area contributed by atoms with Crippen molar-refractivity contribution in [3.8, 4) is 34.4 Å². The molecule has 6 aromatic rings. The molecule has 0 radical (unpaired) electrons. The predicted octanol–water partition coefficient (Wildman–Crippen LogP) is 9.71. The Kier molecular flexibility index (Phi) is 7.71. The molecule has 1 fully saturated rings. The van der Waals surface area contributed by atoms with Gasteiger partial charge in [0.15, 0.2) is 5.60 Å². The molecule has 2 heterocycles. The average Bonchev–Trinajstić information content (AvgIpc) is 3.47. The Labute approximate surface area is 311 Å². The Morgan fingerprint density at radius 1 is 0.698 bits per heavy atom. The molecule has 0 N–H and O–H groups in total. The van der Waals surface area contributed by atoms with Gasteiger partial charge in [-0.1, -0.05) is 98.8 Å². The minimum Gasteiger partial charge on any atom is -0.495 e. The quantitative estimate of drug-likeness (QED) is 0.173. The van der Waals surface area contributed by atoms with E-state index in [0.717, 1.165) is 76.4 Å². The summed E-state index contributed by atoms with van der Waals surface area (Å²) in [6.07, 6.45) is 4.51. The molecule has 0 spiro atoms. The minimum absolute atomic E-state index is 0.283. The van der Waals surface area contributed by atoms with Gasteiger partial charge in [0.05, 0.1) is 25.5 Å². The van der Waals surface area contributed by atoms with Gasteiger partial charge in [-0.3, -0.25) is 0 Å². The van der Waals surface area contributed by atoms with Crippen molar-refractivity contribution >= 4 is 28.2 Å². The number of hydrogen-bond acceptors (Lipinski definition) is 6. The van der Waals surface area contributed by atoms with Crippen LogP contribution in [0.1, 0.15) is 47.2 Å². The average molecular weight is 696 g/mol. The van der Waals surface area contributed by atoms with E-state index < -0.39 is 5.60 Å². The molecule has 0 bridgehead atoms. The van der Waals surface area contributed by atoms with Crippen molar-refractivity contribution in [1.29, 1.82) is 5.26 Å². The van der Waals surface area contributed by atoms with Crippen LogP contribution in [0.4, 0.5) is 11.4 Å². The summed E-state index contributed by atoms with van der Waals surface area (Å²) in [6.45, 7) is 8.22. The summed E-state index contributed by atoms with van der Waals surface area (Å²) in [5.41, 5.74) is 9.65. The molecule has 262 valence electrons. The van der Waals surface area contributed by atoms with E-state index in [1.165, 1.54) is 22.4 Å². The molecular weight excluding hydrogens is 655 g/mol. The highest BCUT2D eigenvalue weighted by Crippen LogP contribution is 2.58. The highest BCUT2D eigenvalue weighted by molar-refractivity contribution is 6.09. The van der Waals surface area contributed by atoms with E-state index >= 15 is 0 Å². The van der Waals surface area contributed by atoms with Crippen LogP contribution in [-0.4, -0.2) is 40.4 Å². The topological polar surface area (TPSA) is 58.0 Å². The van der Waals surface area contributed by atoms with E-state index in [1.54, 1.807) is 14.2 Å².